The highest BCUT2D eigenvalue weighted by Gasteiger charge is 2.51. The summed E-state index contributed by atoms with van der Waals surface area (Å²) in [5.74, 6) is -0.558. The molecule has 0 aromatic rings. The summed E-state index contributed by atoms with van der Waals surface area (Å²) >= 11 is 0. The SMILES string of the molecule is CCC(C)(C)C(=O)O[C@H]1C[C@H](C)[C@@H](O)[C@@H]2CC[C@H](C)[C@H](CC[C@@H](O)C[C@@H](O)CC(=O)O)C12. The van der Waals surface area contributed by atoms with Crippen LogP contribution in [0.5, 0.6) is 0 Å². The molecule has 9 atom stereocenters. The van der Waals surface area contributed by atoms with E-state index in [9.17, 15) is 24.9 Å². The van der Waals surface area contributed by atoms with Gasteiger partial charge in [0.15, 0.2) is 0 Å². The van der Waals surface area contributed by atoms with Crippen molar-refractivity contribution in [1.82, 2.24) is 0 Å². The van der Waals surface area contributed by atoms with Gasteiger partial charge in [-0.2, -0.15) is 0 Å². The normalized spacial score (nSPS) is 34.9. The lowest BCUT2D eigenvalue weighted by atomic mass is 9.57. The Labute approximate surface area is 192 Å². The Bertz CT molecular complexity index is 634. The molecule has 4 N–H and O–H groups in total. The summed E-state index contributed by atoms with van der Waals surface area (Å²) in [6.45, 7) is 9.98. The number of hydrogen-bond acceptors (Lipinski definition) is 6. The maximum atomic E-state index is 12.9. The molecule has 0 aromatic carbocycles. The molecule has 0 spiro atoms. The largest absolute Gasteiger partial charge is 0.481 e. The minimum atomic E-state index is -1.08. The van der Waals surface area contributed by atoms with Crippen LogP contribution in [0.4, 0.5) is 0 Å². The van der Waals surface area contributed by atoms with E-state index in [1.807, 2.05) is 27.7 Å². The van der Waals surface area contributed by atoms with Crippen LogP contribution in [-0.2, 0) is 14.3 Å². The van der Waals surface area contributed by atoms with Gasteiger partial charge in [-0.25, -0.2) is 0 Å². The van der Waals surface area contributed by atoms with Gasteiger partial charge in [-0.15, -0.1) is 0 Å². The second kappa shape index (κ2) is 11.3. The van der Waals surface area contributed by atoms with Crippen LogP contribution in [0.3, 0.4) is 0 Å². The summed E-state index contributed by atoms with van der Waals surface area (Å²) in [7, 11) is 0. The topological polar surface area (TPSA) is 124 Å². The van der Waals surface area contributed by atoms with Gasteiger partial charge in [0.1, 0.15) is 6.10 Å². The molecule has 0 radical (unpaired) electrons. The molecule has 0 amide bonds. The number of rotatable bonds is 10. The molecular weight excluding hydrogens is 412 g/mol. The fraction of sp³-hybridized carbons (Fsp3) is 0.920. The number of ether oxygens (including phenoxy) is 1. The standard InChI is InChI=1S/C25H44O7/c1-6-25(4,5)24(31)32-20-11-15(3)23(30)19-9-7-14(2)18(22(19)20)10-8-16(26)12-17(27)13-21(28)29/h14-20,22-23,26-27,30H,6-13H2,1-5H3,(H,28,29)/t14-,15-,16+,17+,18-,19+,20-,22?,23+/m0/s1. The molecule has 7 nitrogen and oxygen atoms in total. The zero-order valence-corrected chi connectivity index (χ0v) is 20.4. The highest BCUT2D eigenvalue weighted by Crippen LogP contribution is 2.51. The average molecular weight is 457 g/mol. The molecule has 2 rings (SSSR count). The predicted octanol–water partition coefficient (Wildman–Crippen LogP) is 3.38. The molecule has 32 heavy (non-hydrogen) atoms. The van der Waals surface area contributed by atoms with Crippen LogP contribution in [0.2, 0.25) is 0 Å². The first-order valence-corrected chi connectivity index (χ1v) is 12.3. The molecule has 0 saturated heterocycles. The van der Waals surface area contributed by atoms with Gasteiger partial charge in [-0.1, -0.05) is 27.2 Å². The van der Waals surface area contributed by atoms with E-state index in [2.05, 4.69) is 6.92 Å². The third-order valence-corrected chi connectivity index (χ3v) is 8.21. The Balaban J connectivity index is 2.14. The van der Waals surface area contributed by atoms with E-state index in [4.69, 9.17) is 9.84 Å². The molecule has 2 aliphatic carbocycles. The van der Waals surface area contributed by atoms with Crippen LogP contribution >= 0.6 is 0 Å². The highest BCUT2D eigenvalue weighted by molar-refractivity contribution is 5.76. The van der Waals surface area contributed by atoms with Crippen molar-refractivity contribution in [2.45, 2.75) is 110 Å². The van der Waals surface area contributed by atoms with Crippen molar-refractivity contribution in [2.24, 2.45) is 35.0 Å². The van der Waals surface area contributed by atoms with Gasteiger partial charge in [0.05, 0.1) is 30.1 Å². The molecular formula is C25H44O7. The molecule has 0 aromatic heterocycles. The van der Waals surface area contributed by atoms with Gasteiger partial charge in [0.2, 0.25) is 0 Å². The second-order valence-electron chi connectivity index (χ2n) is 11.1. The van der Waals surface area contributed by atoms with Crippen molar-refractivity contribution < 1.29 is 34.8 Å². The monoisotopic (exact) mass is 456 g/mol. The first kappa shape index (κ1) is 27.1. The first-order chi connectivity index (χ1) is 14.9. The maximum Gasteiger partial charge on any atom is 0.311 e. The van der Waals surface area contributed by atoms with E-state index in [0.29, 0.717) is 31.6 Å². The Kier molecular flexibility index (Phi) is 9.56. The van der Waals surface area contributed by atoms with Crippen molar-refractivity contribution in [2.75, 3.05) is 0 Å². The molecule has 2 aliphatic rings. The zero-order chi connectivity index (χ0) is 24.2. The van der Waals surface area contributed by atoms with Gasteiger partial charge in [0, 0.05) is 5.92 Å². The number of carbonyl (C=O) groups is 2. The van der Waals surface area contributed by atoms with Crippen LogP contribution in [0.1, 0.15) is 86.0 Å². The highest BCUT2D eigenvalue weighted by atomic mass is 16.5. The lowest BCUT2D eigenvalue weighted by molar-refractivity contribution is -0.182. The van der Waals surface area contributed by atoms with Crippen molar-refractivity contribution >= 4 is 11.9 Å². The van der Waals surface area contributed by atoms with Crippen LogP contribution < -0.4 is 0 Å². The average Bonchev–Trinajstić information content (AvgIpc) is 2.69. The minimum Gasteiger partial charge on any atom is -0.481 e. The van der Waals surface area contributed by atoms with Crippen LogP contribution in [0.25, 0.3) is 0 Å². The quantitative estimate of drug-likeness (QED) is 0.371. The number of fused-ring (bicyclic) bond motifs is 1. The van der Waals surface area contributed by atoms with E-state index in [0.717, 1.165) is 12.8 Å². The number of hydrogen-bond donors (Lipinski definition) is 4. The van der Waals surface area contributed by atoms with Crippen molar-refractivity contribution in [1.29, 1.82) is 0 Å². The summed E-state index contributed by atoms with van der Waals surface area (Å²) in [6, 6.07) is 0. The second-order valence-corrected chi connectivity index (χ2v) is 11.1. The number of carboxylic acids is 1. The minimum absolute atomic E-state index is 0.0320. The van der Waals surface area contributed by atoms with Crippen LogP contribution in [-0.4, -0.2) is 56.8 Å². The number of aliphatic carboxylic acids is 1. The molecule has 0 heterocycles. The zero-order valence-electron chi connectivity index (χ0n) is 20.4. The number of carboxylic acid groups (broad SMARTS) is 1. The third-order valence-electron chi connectivity index (χ3n) is 8.21. The van der Waals surface area contributed by atoms with Crippen molar-refractivity contribution in [3.8, 4) is 0 Å². The van der Waals surface area contributed by atoms with Gasteiger partial charge in [0.25, 0.3) is 0 Å². The lowest BCUT2D eigenvalue weighted by Gasteiger charge is -2.52. The summed E-state index contributed by atoms with van der Waals surface area (Å²) in [5.41, 5.74) is -0.555. The smallest absolute Gasteiger partial charge is 0.311 e. The molecule has 0 aliphatic heterocycles. The van der Waals surface area contributed by atoms with Gasteiger partial charge in [-0.05, 0) is 76.0 Å². The number of aliphatic hydroxyl groups is 3. The molecule has 2 saturated carbocycles. The Hall–Kier alpha value is -1.18. The van der Waals surface area contributed by atoms with Gasteiger partial charge in [-0.3, -0.25) is 9.59 Å². The summed E-state index contributed by atoms with van der Waals surface area (Å²) < 4.78 is 6.11. The molecule has 7 heteroatoms. The predicted molar refractivity (Wildman–Crippen MR) is 121 cm³/mol. The Morgan fingerprint density at radius 2 is 1.75 bits per heavy atom. The van der Waals surface area contributed by atoms with Crippen molar-refractivity contribution in [3.05, 3.63) is 0 Å². The number of carbonyl (C=O) groups excluding carboxylic acids is 1. The molecule has 1 unspecified atom stereocenters. The lowest BCUT2D eigenvalue weighted by Crippen LogP contribution is -2.53. The summed E-state index contributed by atoms with van der Waals surface area (Å²) in [4.78, 5) is 23.7. The number of aliphatic hydroxyl groups excluding tert-OH is 3. The van der Waals surface area contributed by atoms with Gasteiger partial charge < -0.3 is 25.2 Å². The molecule has 2 fully saturated rings. The van der Waals surface area contributed by atoms with E-state index in [1.165, 1.54) is 0 Å². The van der Waals surface area contributed by atoms with E-state index < -0.39 is 29.7 Å². The van der Waals surface area contributed by atoms with Crippen LogP contribution in [0, 0.1) is 35.0 Å². The third kappa shape index (κ3) is 6.67. The summed E-state index contributed by atoms with van der Waals surface area (Å²) in [6.07, 6.45) is 1.47. The van der Waals surface area contributed by atoms with E-state index in [1.54, 1.807) is 0 Å². The molecule has 186 valence electrons. The van der Waals surface area contributed by atoms with Gasteiger partial charge >= 0.3 is 11.9 Å². The Morgan fingerprint density at radius 1 is 1.09 bits per heavy atom. The van der Waals surface area contributed by atoms with Crippen molar-refractivity contribution in [3.63, 3.8) is 0 Å². The fourth-order valence-corrected chi connectivity index (χ4v) is 5.74. The van der Waals surface area contributed by atoms with E-state index >= 15 is 0 Å². The Morgan fingerprint density at radius 3 is 2.34 bits per heavy atom. The fourth-order valence-electron chi connectivity index (χ4n) is 5.74. The molecule has 0 bridgehead atoms. The first-order valence-electron chi connectivity index (χ1n) is 12.3. The number of esters is 1. The summed E-state index contributed by atoms with van der Waals surface area (Å²) in [5, 5.41) is 40.0. The van der Waals surface area contributed by atoms with E-state index in [-0.39, 0.29) is 48.6 Å². The van der Waals surface area contributed by atoms with Crippen LogP contribution in [0.15, 0.2) is 0 Å². The maximum absolute atomic E-state index is 12.9.